The first-order valence-electron chi connectivity index (χ1n) is 12.5. The lowest BCUT2D eigenvalue weighted by molar-refractivity contribution is -0.140. The van der Waals surface area contributed by atoms with Gasteiger partial charge in [0.2, 0.25) is 6.79 Å². The molecule has 2 aliphatic rings. The van der Waals surface area contributed by atoms with Gasteiger partial charge in [-0.3, -0.25) is 9.59 Å². The van der Waals surface area contributed by atoms with Crippen LogP contribution in [-0.4, -0.2) is 35.8 Å². The number of halogens is 4. The Morgan fingerprint density at radius 3 is 2.41 bits per heavy atom. The number of carbonyl (C=O) groups is 2. The predicted octanol–water partition coefficient (Wildman–Crippen LogP) is 5.25. The van der Waals surface area contributed by atoms with Crippen molar-refractivity contribution in [2.24, 2.45) is 0 Å². The smallest absolute Gasteiger partial charge is 0.419 e. The van der Waals surface area contributed by atoms with Crippen LogP contribution >= 0.6 is 0 Å². The second-order valence-corrected chi connectivity index (χ2v) is 9.46. The average Bonchev–Trinajstić information content (AvgIpc) is 3.41. The molecule has 0 aromatic heterocycles. The number of rotatable bonds is 7. The Morgan fingerprint density at radius 1 is 0.927 bits per heavy atom. The van der Waals surface area contributed by atoms with E-state index in [1.165, 1.54) is 6.20 Å². The lowest BCUT2D eigenvalue weighted by Gasteiger charge is -2.27. The summed E-state index contributed by atoms with van der Waals surface area (Å²) in [4.78, 5) is 27.2. The minimum Gasteiger partial charge on any atom is -0.454 e. The minimum absolute atomic E-state index is 0.00588. The van der Waals surface area contributed by atoms with Gasteiger partial charge in [0, 0.05) is 49.2 Å². The summed E-state index contributed by atoms with van der Waals surface area (Å²) in [6.45, 7) is 1.30. The normalized spacial score (nSPS) is 14.5. The van der Waals surface area contributed by atoms with Gasteiger partial charge >= 0.3 is 6.18 Å². The topological polar surface area (TPSA) is 104 Å². The number of ether oxygens (including phenoxy) is 2. The number of carbonyl (C=O) groups excluding carboxylic acids is 2. The first-order valence-corrected chi connectivity index (χ1v) is 12.5. The zero-order valence-electron chi connectivity index (χ0n) is 21.5. The summed E-state index contributed by atoms with van der Waals surface area (Å²) in [5, 5.41) is 13.3. The summed E-state index contributed by atoms with van der Waals surface area (Å²) < 4.78 is 63.3. The molecule has 0 saturated heterocycles. The van der Waals surface area contributed by atoms with Crippen LogP contribution < -0.4 is 20.1 Å². The molecular formula is C29H24F4N4O4. The van der Waals surface area contributed by atoms with Crippen molar-refractivity contribution >= 4 is 23.2 Å². The van der Waals surface area contributed by atoms with Crippen LogP contribution in [0.4, 0.5) is 23.2 Å². The van der Waals surface area contributed by atoms with Crippen molar-refractivity contribution in [1.29, 1.82) is 5.41 Å². The molecule has 5 rings (SSSR count). The van der Waals surface area contributed by atoms with Crippen LogP contribution in [0.15, 0.2) is 72.4 Å². The molecule has 3 aromatic carbocycles. The Bertz CT molecular complexity index is 1540. The number of hydrogen-bond acceptors (Lipinski definition) is 6. The number of nitrogens with one attached hydrogen (secondary N) is 3. The highest BCUT2D eigenvalue weighted by Gasteiger charge is 2.34. The summed E-state index contributed by atoms with van der Waals surface area (Å²) >= 11 is 0. The van der Waals surface area contributed by atoms with E-state index in [-0.39, 0.29) is 36.1 Å². The van der Waals surface area contributed by atoms with Gasteiger partial charge in [-0.25, -0.2) is 4.39 Å². The molecule has 12 heteroatoms. The van der Waals surface area contributed by atoms with Crippen LogP contribution in [-0.2, 0) is 24.1 Å². The zero-order chi connectivity index (χ0) is 29.1. The molecule has 3 aromatic rings. The maximum absolute atomic E-state index is 13.6. The number of nitrogens with zero attached hydrogens (tertiary/aromatic N) is 1. The first kappa shape index (κ1) is 27.7. The van der Waals surface area contributed by atoms with Gasteiger partial charge < -0.3 is 30.4 Å². The molecule has 8 nitrogen and oxygen atoms in total. The van der Waals surface area contributed by atoms with E-state index in [0.29, 0.717) is 48.8 Å². The molecule has 0 radical (unpaired) electrons. The number of hydrogen-bond donors (Lipinski definition) is 3. The van der Waals surface area contributed by atoms with E-state index in [4.69, 9.17) is 14.9 Å². The average molecular weight is 569 g/mol. The van der Waals surface area contributed by atoms with E-state index >= 15 is 0 Å². The number of alkyl halides is 3. The number of benzene rings is 3. The Hall–Kier alpha value is -4.87. The van der Waals surface area contributed by atoms with Gasteiger partial charge in [0.25, 0.3) is 11.8 Å². The van der Waals surface area contributed by atoms with Crippen LogP contribution in [0, 0.1) is 11.2 Å². The minimum atomic E-state index is -4.91. The fourth-order valence-electron chi connectivity index (χ4n) is 4.39. The molecule has 41 heavy (non-hydrogen) atoms. The van der Waals surface area contributed by atoms with Crippen molar-refractivity contribution in [2.75, 3.05) is 18.7 Å². The van der Waals surface area contributed by atoms with E-state index in [1.54, 1.807) is 35.2 Å². The van der Waals surface area contributed by atoms with Gasteiger partial charge in [0.15, 0.2) is 11.5 Å². The number of anilines is 1. The third-order valence-electron chi connectivity index (χ3n) is 6.55. The molecule has 0 fully saturated rings. The highest BCUT2D eigenvalue weighted by atomic mass is 19.4. The molecule has 2 amide bonds. The van der Waals surface area contributed by atoms with Gasteiger partial charge in [0.1, 0.15) is 5.82 Å². The molecule has 3 N–H and O–H groups in total. The van der Waals surface area contributed by atoms with Crippen LogP contribution in [0.5, 0.6) is 11.5 Å². The van der Waals surface area contributed by atoms with Crippen molar-refractivity contribution < 1.29 is 36.6 Å². The van der Waals surface area contributed by atoms with Crippen molar-refractivity contribution in [2.45, 2.75) is 25.7 Å². The summed E-state index contributed by atoms with van der Waals surface area (Å²) in [7, 11) is 0. The number of fused-ring (bicyclic) bond motifs is 1. The van der Waals surface area contributed by atoms with Crippen molar-refractivity contribution in [3.8, 4) is 11.5 Å². The van der Waals surface area contributed by atoms with E-state index < -0.39 is 23.5 Å². The largest absolute Gasteiger partial charge is 0.454 e. The summed E-state index contributed by atoms with van der Waals surface area (Å²) in [5.41, 5.74) is 0.469. The van der Waals surface area contributed by atoms with Crippen molar-refractivity contribution in [1.82, 2.24) is 10.2 Å². The molecule has 0 atom stereocenters. The van der Waals surface area contributed by atoms with Crippen molar-refractivity contribution in [3.63, 3.8) is 0 Å². The molecule has 0 spiro atoms. The van der Waals surface area contributed by atoms with Crippen LogP contribution in [0.3, 0.4) is 0 Å². The van der Waals surface area contributed by atoms with E-state index in [0.717, 1.165) is 17.2 Å². The predicted molar refractivity (Wildman–Crippen MR) is 141 cm³/mol. The van der Waals surface area contributed by atoms with Crippen LogP contribution in [0.1, 0.15) is 33.5 Å². The van der Waals surface area contributed by atoms with E-state index in [2.05, 4.69) is 10.6 Å². The molecule has 0 aliphatic carbocycles. The lowest BCUT2D eigenvalue weighted by Crippen LogP contribution is -2.32. The maximum atomic E-state index is 13.6. The number of amides is 2. The van der Waals surface area contributed by atoms with Gasteiger partial charge in [-0.1, -0.05) is 18.2 Å². The van der Waals surface area contributed by atoms with E-state index in [1.807, 2.05) is 12.1 Å². The zero-order valence-corrected chi connectivity index (χ0v) is 21.5. The maximum Gasteiger partial charge on any atom is 0.419 e. The Balaban J connectivity index is 1.19. The quantitative estimate of drug-likeness (QED) is 0.338. The Morgan fingerprint density at radius 2 is 1.66 bits per heavy atom. The molecule has 2 heterocycles. The second-order valence-electron chi connectivity index (χ2n) is 9.46. The van der Waals surface area contributed by atoms with Gasteiger partial charge in [-0.05, 0) is 53.6 Å². The highest BCUT2D eigenvalue weighted by Crippen LogP contribution is 2.34. The Kier molecular flexibility index (Phi) is 7.64. The van der Waals surface area contributed by atoms with Crippen molar-refractivity contribution in [3.05, 3.63) is 101 Å². The lowest BCUT2D eigenvalue weighted by atomic mass is 10.0. The summed E-state index contributed by atoms with van der Waals surface area (Å²) in [6, 6.07) is 14.5. The Labute approximate surface area is 232 Å². The van der Waals surface area contributed by atoms with Crippen LogP contribution in [0.2, 0.25) is 0 Å². The highest BCUT2D eigenvalue weighted by molar-refractivity contribution is 6.24. The monoisotopic (exact) mass is 568 g/mol. The van der Waals surface area contributed by atoms with E-state index in [9.17, 15) is 27.2 Å². The molecular weight excluding hydrogens is 544 g/mol. The fourth-order valence-corrected chi connectivity index (χ4v) is 4.39. The van der Waals surface area contributed by atoms with Gasteiger partial charge in [-0.15, -0.1) is 0 Å². The summed E-state index contributed by atoms with van der Waals surface area (Å²) in [6.07, 6.45) is -3.19. The standard InChI is InChI=1S/C29H24F4N4O4/c30-23-7-6-20(12-22(23)29(31,32)33)36-28(39)21-15-37(10-9-24(21)34)14-17-1-4-19(5-2-17)27(38)35-13-18-3-8-25-26(11-18)41-16-40-25/h1-8,11-12,15,34H,9-10,13-14,16H2,(H,35,38)(H,36,39). The molecule has 0 bridgehead atoms. The fraction of sp³-hybridized carbons (Fsp3) is 0.207. The summed E-state index contributed by atoms with van der Waals surface area (Å²) in [5.74, 6) is -1.17. The van der Waals surface area contributed by atoms with Gasteiger partial charge in [-0.2, -0.15) is 13.2 Å². The van der Waals surface area contributed by atoms with Gasteiger partial charge in [0.05, 0.1) is 11.1 Å². The second kappa shape index (κ2) is 11.3. The molecule has 212 valence electrons. The molecule has 2 aliphatic heterocycles. The first-order chi connectivity index (χ1) is 19.6. The van der Waals surface area contributed by atoms with Crippen LogP contribution in [0.25, 0.3) is 0 Å². The molecule has 0 saturated carbocycles. The SMILES string of the molecule is N=C1CCN(Cc2ccc(C(=O)NCc3ccc4c(c3)OCO4)cc2)C=C1C(=O)Nc1ccc(F)c(C(F)(F)F)c1. The third-order valence-corrected chi connectivity index (χ3v) is 6.55. The molecule has 0 unspecified atom stereocenters. The third kappa shape index (κ3) is 6.48.